The average molecular weight is 1300 g/mol. The van der Waals surface area contributed by atoms with Gasteiger partial charge in [0.15, 0.2) is 23.3 Å². The monoisotopic (exact) mass is 1300 g/mol. The molecule has 0 radical (unpaired) electrons. The highest BCUT2D eigenvalue weighted by molar-refractivity contribution is 7.87. The third kappa shape index (κ3) is 12.7. The van der Waals surface area contributed by atoms with Gasteiger partial charge in [-0.1, -0.05) is 53.4 Å². The zero-order valence-corrected chi connectivity index (χ0v) is 50.4. The van der Waals surface area contributed by atoms with Crippen molar-refractivity contribution in [3.8, 4) is 44.5 Å². The molecule has 9 rings (SSSR count). The zero-order valence-electron chi connectivity index (χ0n) is 47.2. The molecule has 0 amide bonds. The van der Waals surface area contributed by atoms with Crippen molar-refractivity contribution in [1.82, 2.24) is 19.9 Å². The molecule has 88 heavy (non-hydrogen) atoms. The molecular weight excluding hydrogens is 1250 g/mol. The van der Waals surface area contributed by atoms with E-state index in [1.54, 1.807) is 27.7 Å². The Morgan fingerprint density at radius 3 is 0.716 bits per heavy atom. The second kappa shape index (κ2) is 26.3. The van der Waals surface area contributed by atoms with Gasteiger partial charge in [-0.3, -0.25) is 16.7 Å². The minimum Gasteiger partial charge on any atom is -0.354 e. The van der Waals surface area contributed by atoms with E-state index in [1.807, 2.05) is 0 Å². The normalized spacial score (nSPS) is 12.9. The van der Waals surface area contributed by atoms with Gasteiger partial charge in [0.1, 0.15) is 42.9 Å². The lowest BCUT2D eigenvalue weighted by Crippen LogP contribution is -2.11. The molecule has 16 nitrogen and oxygen atoms in total. The molecule has 0 aliphatic carbocycles. The highest BCUT2D eigenvalue weighted by Crippen LogP contribution is 2.44. The van der Waals surface area contributed by atoms with Crippen molar-refractivity contribution in [3.05, 3.63) is 142 Å². The number of benzene rings is 4. The fourth-order valence-electron chi connectivity index (χ4n) is 9.59. The number of rotatable bonds is 24. The van der Waals surface area contributed by atoms with Crippen molar-refractivity contribution in [2.75, 3.05) is 26.4 Å². The average Bonchev–Trinajstić information content (AvgIpc) is 1.55. The van der Waals surface area contributed by atoms with E-state index in [2.05, 4.69) is 19.9 Å². The Morgan fingerprint density at radius 2 is 0.523 bits per heavy atom. The summed E-state index contributed by atoms with van der Waals surface area (Å²) in [6, 6.07) is 9.00. The SMILES string of the molecule is CCCCOS(=O)(=O)c1ccc(F)c(-c2c3nc(c(-c4c(F)ccc(S(=O)(=O)OCCCC)c4F)c4ccc([nH]4)c(-c4c(F)ccc(S(=O)(=O)OCCCC)c4F)c4nc(c(-c5c(F)ccc(S(=O)(=O)OCCCC)c5F)c5ccc2[nH]5)C=C4)C=C3)c1F. The van der Waals surface area contributed by atoms with Gasteiger partial charge in [0.2, 0.25) is 0 Å². The van der Waals surface area contributed by atoms with E-state index in [1.165, 1.54) is 0 Å². The molecule has 0 atom stereocenters. The molecule has 0 fully saturated rings. The Kier molecular flexibility index (Phi) is 19.5. The molecule has 2 aliphatic rings. The number of H-pyrrole nitrogens is 2. The second-order valence-electron chi connectivity index (χ2n) is 20.0. The maximum atomic E-state index is 17.4. The van der Waals surface area contributed by atoms with Crippen LogP contribution in [0.25, 0.3) is 90.9 Å². The fourth-order valence-corrected chi connectivity index (χ4v) is 13.7. The highest BCUT2D eigenvalue weighted by Gasteiger charge is 2.34. The lowest BCUT2D eigenvalue weighted by molar-refractivity contribution is 0.308. The van der Waals surface area contributed by atoms with Crippen molar-refractivity contribution in [3.63, 3.8) is 0 Å². The molecule has 8 bridgehead atoms. The van der Waals surface area contributed by atoms with Crippen LogP contribution in [0.1, 0.15) is 102 Å². The van der Waals surface area contributed by atoms with Crippen LogP contribution in [0.15, 0.2) is 92.4 Å². The topological polar surface area (TPSA) is 231 Å². The van der Waals surface area contributed by atoms with Gasteiger partial charge in [-0.05, 0) is 123 Å². The number of hydrogen-bond acceptors (Lipinski definition) is 14. The number of aromatic amines is 2. The fraction of sp³-hybridized carbons (Fsp3) is 0.267. The highest BCUT2D eigenvalue weighted by atomic mass is 32.2. The van der Waals surface area contributed by atoms with Crippen molar-refractivity contribution >= 4 is 86.8 Å². The van der Waals surface area contributed by atoms with Crippen molar-refractivity contribution < 1.29 is 85.5 Å². The molecule has 2 aliphatic heterocycles. The van der Waals surface area contributed by atoms with E-state index in [-0.39, 0.29) is 25.7 Å². The Hall–Kier alpha value is -7.44. The van der Waals surface area contributed by atoms with Crippen LogP contribution in [0.2, 0.25) is 0 Å². The van der Waals surface area contributed by atoms with Crippen molar-refractivity contribution in [1.29, 1.82) is 0 Å². The summed E-state index contributed by atoms with van der Waals surface area (Å²) in [6.45, 7) is 5.19. The van der Waals surface area contributed by atoms with Gasteiger partial charge in [0, 0.05) is 44.3 Å². The lowest BCUT2D eigenvalue weighted by Gasteiger charge is -2.13. The van der Waals surface area contributed by atoms with Crippen molar-refractivity contribution in [2.45, 2.75) is 98.6 Å². The molecule has 0 spiro atoms. The summed E-state index contributed by atoms with van der Waals surface area (Å²) >= 11 is 0. The van der Waals surface area contributed by atoms with Gasteiger partial charge in [0.05, 0.1) is 71.5 Å². The molecule has 2 N–H and O–H groups in total. The van der Waals surface area contributed by atoms with E-state index in [9.17, 15) is 33.7 Å². The predicted octanol–water partition coefficient (Wildman–Crippen LogP) is 14.5. The number of halogens is 8. The number of nitrogens with one attached hydrogen (secondary N) is 2. The smallest absolute Gasteiger partial charge is 0.299 e. The number of unbranched alkanes of at least 4 members (excludes halogenated alkanes) is 4. The van der Waals surface area contributed by atoms with E-state index in [0.717, 1.165) is 48.6 Å². The number of fused-ring (bicyclic) bond motifs is 8. The first-order valence-electron chi connectivity index (χ1n) is 27.5. The summed E-state index contributed by atoms with van der Waals surface area (Å²) < 4.78 is 267. The number of nitrogens with zero attached hydrogens (tertiary/aromatic N) is 2. The van der Waals surface area contributed by atoms with Crippen LogP contribution >= 0.6 is 0 Å². The number of aromatic nitrogens is 4. The van der Waals surface area contributed by atoms with Crippen molar-refractivity contribution in [2.24, 2.45) is 0 Å². The summed E-state index contributed by atoms with van der Waals surface area (Å²) in [6.07, 6.45) is 6.76. The van der Waals surface area contributed by atoms with Gasteiger partial charge in [0.25, 0.3) is 40.5 Å². The van der Waals surface area contributed by atoms with Crippen LogP contribution in [-0.2, 0) is 57.2 Å². The van der Waals surface area contributed by atoms with E-state index in [0.29, 0.717) is 74.2 Å². The van der Waals surface area contributed by atoms with E-state index < -0.39 is 222 Å². The van der Waals surface area contributed by atoms with Gasteiger partial charge in [-0.2, -0.15) is 33.7 Å². The molecule has 28 heteroatoms. The maximum Gasteiger partial charge on any atom is 0.299 e. The molecule has 3 aromatic heterocycles. The minimum absolute atomic E-state index is 0.195. The first-order chi connectivity index (χ1) is 41.8. The first kappa shape index (κ1) is 65.0. The third-order valence-corrected chi connectivity index (χ3v) is 19.3. The molecule has 7 aromatic rings. The molecule has 5 heterocycles. The van der Waals surface area contributed by atoms with E-state index >= 15 is 35.1 Å². The minimum atomic E-state index is -5.04. The molecule has 0 saturated carbocycles. The Bertz CT molecular complexity index is 4080. The predicted molar refractivity (Wildman–Crippen MR) is 312 cm³/mol. The van der Waals surface area contributed by atoms with Crippen LogP contribution < -0.4 is 0 Å². The van der Waals surface area contributed by atoms with Crippen LogP contribution in [-0.4, -0.2) is 80.0 Å². The van der Waals surface area contributed by atoms with Crippen LogP contribution in [0.3, 0.4) is 0 Å². The van der Waals surface area contributed by atoms with Gasteiger partial charge in [-0.15, -0.1) is 0 Å². The summed E-state index contributed by atoms with van der Waals surface area (Å²) in [7, 11) is -20.1. The second-order valence-corrected chi connectivity index (χ2v) is 26.3. The Balaban J connectivity index is 1.52. The Labute approximate surface area is 501 Å². The third-order valence-electron chi connectivity index (χ3n) is 14.0. The summed E-state index contributed by atoms with van der Waals surface area (Å²) in [5.41, 5.74) is -11.4. The summed E-state index contributed by atoms with van der Waals surface area (Å²) in [4.78, 5) is 10.1. The Morgan fingerprint density at radius 1 is 0.318 bits per heavy atom. The van der Waals surface area contributed by atoms with Gasteiger partial charge < -0.3 is 9.97 Å². The number of hydrogen-bond donors (Lipinski definition) is 2. The quantitative estimate of drug-likeness (QED) is 0.0326. The van der Waals surface area contributed by atoms with Gasteiger partial charge in [-0.25, -0.2) is 45.1 Å². The molecule has 0 unspecified atom stereocenters. The van der Waals surface area contributed by atoms with Crippen LogP contribution in [0, 0.1) is 46.5 Å². The van der Waals surface area contributed by atoms with E-state index in [4.69, 9.17) is 16.7 Å². The molecule has 4 aromatic carbocycles. The first-order valence-corrected chi connectivity index (χ1v) is 33.1. The summed E-state index contributed by atoms with van der Waals surface area (Å²) in [5.74, 6) is -12.9. The van der Waals surface area contributed by atoms with Gasteiger partial charge >= 0.3 is 0 Å². The zero-order chi connectivity index (χ0) is 63.6. The molecular formula is C60H54F8N4O12S4. The summed E-state index contributed by atoms with van der Waals surface area (Å²) in [5, 5.41) is 0. The maximum absolute atomic E-state index is 17.4. The molecule has 466 valence electrons. The lowest BCUT2D eigenvalue weighted by atomic mass is 10.0. The van der Waals surface area contributed by atoms with Crippen LogP contribution in [0.5, 0.6) is 0 Å². The largest absolute Gasteiger partial charge is 0.354 e. The van der Waals surface area contributed by atoms with Crippen LogP contribution in [0.4, 0.5) is 35.1 Å². The standard InChI is InChI=1S/C60H54F8N4O12S4/c1-5-9-29-81-85(73,74)45-25-13-33(61)49(57(45)65)53-37-17-19-39(69-37)54(50-34(62)14-26-46(58(50)66)86(75,76)82-30-10-6-2)41-21-23-43(71-41)56(52-36(64)16-28-48(60(52)68)88(79,80)84-32-12-8-4)44-24-22-42(72-44)55(40-20-18-38(53)70-40)51-35(63)15-27-47(59(51)67)87(77,78)83-31-11-7-3/h13-28,69,72H,5-12,29-32H2,1-4H3. The molecule has 0 saturated heterocycles.